The topological polar surface area (TPSA) is 58.6 Å². The minimum atomic E-state index is -0.356. The summed E-state index contributed by atoms with van der Waals surface area (Å²) < 4.78 is 5.42. The molecule has 0 bridgehead atoms. The van der Waals surface area contributed by atoms with E-state index in [9.17, 15) is 9.59 Å². The van der Waals surface area contributed by atoms with E-state index in [2.05, 4.69) is 5.32 Å². The number of ether oxygens (including phenoxy) is 1. The third kappa shape index (κ3) is 3.49. The maximum atomic E-state index is 12.7. The summed E-state index contributed by atoms with van der Waals surface area (Å²) in [5, 5.41) is 5.26. The van der Waals surface area contributed by atoms with Crippen LogP contribution in [0.15, 0.2) is 29.6 Å². The molecule has 1 atom stereocenters. The van der Waals surface area contributed by atoms with Crippen LogP contribution in [0.4, 0.5) is 5.69 Å². The van der Waals surface area contributed by atoms with Crippen LogP contribution in [0.2, 0.25) is 5.02 Å². The number of hydrogen-bond acceptors (Lipinski definition) is 4. The first-order chi connectivity index (χ1) is 12.6. The lowest BCUT2D eigenvalue weighted by Gasteiger charge is -2.29. The van der Waals surface area contributed by atoms with E-state index in [1.54, 1.807) is 6.07 Å². The number of halogens is 1. The van der Waals surface area contributed by atoms with Gasteiger partial charge in [-0.3, -0.25) is 9.59 Å². The maximum absolute atomic E-state index is 12.7. The van der Waals surface area contributed by atoms with Crippen LogP contribution >= 0.6 is 22.9 Å². The second-order valence-corrected chi connectivity index (χ2v) is 7.87. The molecule has 1 saturated heterocycles. The van der Waals surface area contributed by atoms with E-state index in [0.717, 1.165) is 30.5 Å². The molecule has 26 heavy (non-hydrogen) atoms. The van der Waals surface area contributed by atoms with Crippen molar-refractivity contribution in [2.75, 3.05) is 18.5 Å². The van der Waals surface area contributed by atoms with Gasteiger partial charge >= 0.3 is 0 Å². The Morgan fingerprint density at radius 3 is 2.88 bits per heavy atom. The Bertz CT molecular complexity index is 845. The van der Waals surface area contributed by atoms with Crippen molar-refractivity contribution >= 4 is 40.4 Å². The molecule has 0 radical (unpaired) electrons. The van der Waals surface area contributed by atoms with Gasteiger partial charge in [-0.25, -0.2) is 0 Å². The fraction of sp³-hybridized carbons (Fsp3) is 0.368. The van der Waals surface area contributed by atoms with E-state index in [-0.39, 0.29) is 17.9 Å². The normalized spacial score (nSPS) is 19.3. The van der Waals surface area contributed by atoms with Crippen LogP contribution in [0.5, 0.6) is 0 Å². The Morgan fingerprint density at radius 2 is 2.15 bits per heavy atom. The first-order valence-electron chi connectivity index (χ1n) is 8.68. The molecule has 136 valence electrons. The number of benzene rings is 1. The van der Waals surface area contributed by atoms with Crippen molar-refractivity contribution < 1.29 is 14.3 Å². The van der Waals surface area contributed by atoms with E-state index in [0.29, 0.717) is 29.6 Å². The van der Waals surface area contributed by atoms with Crippen molar-refractivity contribution in [2.24, 2.45) is 0 Å². The zero-order valence-corrected chi connectivity index (χ0v) is 15.7. The minimum absolute atomic E-state index is 0.0376. The summed E-state index contributed by atoms with van der Waals surface area (Å²) in [6.07, 6.45) is 2.13. The molecule has 0 spiro atoms. The van der Waals surface area contributed by atoms with E-state index < -0.39 is 0 Å². The predicted octanol–water partition coefficient (Wildman–Crippen LogP) is 3.72. The third-order valence-corrected chi connectivity index (χ3v) is 6.14. The van der Waals surface area contributed by atoms with Gasteiger partial charge in [0.05, 0.1) is 5.02 Å². The second-order valence-electron chi connectivity index (χ2n) is 6.55. The molecule has 2 aromatic rings. The first-order valence-corrected chi connectivity index (χ1v) is 9.94. The number of nitrogens with zero attached hydrogens (tertiary/aromatic N) is 1. The van der Waals surface area contributed by atoms with Gasteiger partial charge in [-0.15, -0.1) is 11.3 Å². The number of nitrogens with one attached hydrogen (secondary N) is 1. The van der Waals surface area contributed by atoms with Gasteiger partial charge in [-0.1, -0.05) is 17.7 Å². The molecular weight excluding hydrogens is 372 g/mol. The van der Waals surface area contributed by atoms with Crippen LogP contribution < -0.4 is 5.32 Å². The Labute approximate surface area is 160 Å². The molecule has 2 amide bonds. The number of rotatable bonds is 3. The van der Waals surface area contributed by atoms with Crippen molar-refractivity contribution in [1.29, 1.82) is 0 Å². The Kier molecular flexibility index (Phi) is 4.98. The van der Waals surface area contributed by atoms with Gasteiger partial charge in [0.1, 0.15) is 11.0 Å². The fourth-order valence-corrected chi connectivity index (χ4v) is 4.51. The molecule has 0 aliphatic carbocycles. The molecule has 2 aliphatic heterocycles. The third-order valence-electron chi connectivity index (χ3n) is 4.81. The average Bonchev–Trinajstić information content (AvgIpc) is 3.32. The number of amides is 2. The van der Waals surface area contributed by atoms with Crippen molar-refractivity contribution in [1.82, 2.24) is 4.90 Å². The van der Waals surface area contributed by atoms with Gasteiger partial charge in [0, 0.05) is 25.4 Å². The molecule has 1 aromatic carbocycles. The van der Waals surface area contributed by atoms with Gasteiger partial charge in [-0.2, -0.15) is 0 Å². The lowest BCUT2D eigenvalue weighted by molar-refractivity contribution is -0.124. The quantitative estimate of drug-likeness (QED) is 0.868. The highest BCUT2D eigenvalue weighted by molar-refractivity contribution is 7.12. The van der Waals surface area contributed by atoms with Crippen molar-refractivity contribution in [3.63, 3.8) is 0 Å². The molecule has 1 fully saturated rings. The molecule has 4 rings (SSSR count). The van der Waals surface area contributed by atoms with Crippen LogP contribution in [0, 0.1) is 0 Å². The molecule has 1 N–H and O–H groups in total. The van der Waals surface area contributed by atoms with Crippen LogP contribution in [0.25, 0.3) is 0 Å². The van der Waals surface area contributed by atoms with Gasteiger partial charge in [0.15, 0.2) is 0 Å². The lowest BCUT2D eigenvalue weighted by Crippen LogP contribution is -2.35. The summed E-state index contributed by atoms with van der Waals surface area (Å²) >= 11 is 7.47. The molecule has 1 aromatic heterocycles. The van der Waals surface area contributed by atoms with Gasteiger partial charge in [0.25, 0.3) is 11.8 Å². The lowest BCUT2D eigenvalue weighted by atomic mass is 9.98. The highest BCUT2D eigenvalue weighted by Gasteiger charge is 2.26. The Hall–Kier alpha value is -1.89. The van der Waals surface area contributed by atoms with Crippen molar-refractivity contribution in [3.8, 4) is 0 Å². The zero-order valence-electron chi connectivity index (χ0n) is 14.2. The van der Waals surface area contributed by atoms with Gasteiger partial charge < -0.3 is 15.0 Å². The summed E-state index contributed by atoms with van der Waals surface area (Å²) in [7, 11) is 0. The highest BCUT2D eigenvalue weighted by atomic mass is 35.5. The van der Waals surface area contributed by atoms with Crippen LogP contribution in [0.3, 0.4) is 0 Å². The molecule has 0 unspecified atom stereocenters. The highest BCUT2D eigenvalue weighted by Crippen LogP contribution is 2.28. The summed E-state index contributed by atoms with van der Waals surface area (Å²) in [6.45, 7) is 1.83. The standard InChI is InChI=1S/C19H19ClN2O3S/c20-15-6-9-26-17(15)19(24)22-7-5-12-3-4-14(10-13(12)11-22)21-18(23)16-2-1-8-25-16/h3-4,6,9-10,16H,1-2,5,7-8,11H2,(H,21,23)/t16-/m0/s1. The number of carbonyl (C=O) groups excluding carboxylic acids is 2. The number of hydrogen-bond donors (Lipinski definition) is 1. The van der Waals surface area contributed by atoms with Crippen LogP contribution in [-0.4, -0.2) is 36.0 Å². The smallest absolute Gasteiger partial charge is 0.265 e. The SMILES string of the molecule is O=C(Nc1ccc2c(c1)CN(C(=O)c1sccc1Cl)CC2)[C@@H]1CCCO1. The molecule has 3 heterocycles. The molecule has 5 nitrogen and oxygen atoms in total. The van der Waals surface area contributed by atoms with Crippen LogP contribution in [-0.2, 0) is 22.5 Å². The number of thiophene rings is 1. The largest absolute Gasteiger partial charge is 0.368 e. The molecule has 0 saturated carbocycles. The van der Waals surface area contributed by atoms with Crippen molar-refractivity contribution in [3.05, 3.63) is 50.7 Å². The summed E-state index contributed by atoms with van der Waals surface area (Å²) in [4.78, 5) is 27.3. The van der Waals surface area contributed by atoms with Crippen molar-refractivity contribution in [2.45, 2.75) is 31.9 Å². The summed E-state index contributed by atoms with van der Waals surface area (Å²) in [5.74, 6) is -0.138. The monoisotopic (exact) mass is 390 g/mol. The van der Waals surface area contributed by atoms with E-state index in [4.69, 9.17) is 16.3 Å². The van der Waals surface area contributed by atoms with Crippen LogP contribution in [0.1, 0.15) is 33.6 Å². The summed E-state index contributed by atoms with van der Waals surface area (Å²) in [6, 6.07) is 7.65. The fourth-order valence-electron chi connectivity index (χ4n) is 3.41. The Balaban J connectivity index is 1.48. The zero-order chi connectivity index (χ0) is 18.1. The number of carbonyl (C=O) groups is 2. The molecule has 2 aliphatic rings. The predicted molar refractivity (Wildman–Crippen MR) is 102 cm³/mol. The van der Waals surface area contributed by atoms with E-state index >= 15 is 0 Å². The minimum Gasteiger partial charge on any atom is -0.368 e. The molecule has 7 heteroatoms. The second kappa shape index (κ2) is 7.39. The van der Waals surface area contributed by atoms with Gasteiger partial charge in [-0.05, 0) is 54.0 Å². The number of anilines is 1. The first kappa shape index (κ1) is 17.5. The average molecular weight is 391 g/mol. The Morgan fingerprint density at radius 1 is 1.27 bits per heavy atom. The van der Waals surface area contributed by atoms with E-state index in [1.165, 1.54) is 16.9 Å². The summed E-state index contributed by atoms with van der Waals surface area (Å²) in [5.41, 5.74) is 3.01. The van der Waals surface area contributed by atoms with E-state index in [1.807, 2.05) is 28.5 Å². The van der Waals surface area contributed by atoms with Gasteiger partial charge in [0.2, 0.25) is 0 Å². The maximum Gasteiger partial charge on any atom is 0.265 e. The molecular formula is C19H19ClN2O3S. The number of fused-ring (bicyclic) bond motifs is 1.